The van der Waals surface area contributed by atoms with E-state index in [0.717, 1.165) is 48.1 Å². The molecule has 0 saturated heterocycles. The Morgan fingerprint density at radius 2 is 1.91 bits per heavy atom. The topological polar surface area (TPSA) is 48.3 Å². The first-order valence-electron chi connectivity index (χ1n) is 10.9. The SMILES string of the molecule is CCc1cccc(OCc2c(Cl)c(C3CC3)c(I)c(=O)n2CCc2ccc(C=O)cc2)c1. The van der Waals surface area contributed by atoms with Crippen molar-refractivity contribution < 1.29 is 9.53 Å². The number of aromatic nitrogens is 1. The fraction of sp³-hybridized carbons (Fsp3) is 0.308. The van der Waals surface area contributed by atoms with E-state index in [1.165, 1.54) is 5.56 Å². The summed E-state index contributed by atoms with van der Waals surface area (Å²) in [7, 11) is 0. The summed E-state index contributed by atoms with van der Waals surface area (Å²) in [5.41, 5.74) is 4.59. The standard InChI is InChI=1S/C26H25ClINO3/c1-2-17-4-3-5-21(14-17)32-16-22-24(27)23(20-10-11-20)25(28)26(31)29(22)13-12-18-6-8-19(15-30)9-7-18/h3-9,14-15,20H,2,10-13,16H2,1H3. The van der Waals surface area contributed by atoms with Crippen LogP contribution >= 0.6 is 34.2 Å². The van der Waals surface area contributed by atoms with Gasteiger partial charge in [-0.2, -0.15) is 0 Å². The predicted molar refractivity (Wildman–Crippen MR) is 136 cm³/mol. The quantitative estimate of drug-likeness (QED) is 0.232. The Labute approximate surface area is 206 Å². The molecular weight excluding hydrogens is 537 g/mol. The van der Waals surface area contributed by atoms with Gasteiger partial charge in [0.2, 0.25) is 0 Å². The largest absolute Gasteiger partial charge is 0.487 e. The van der Waals surface area contributed by atoms with Crippen molar-refractivity contribution in [2.24, 2.45) is 0 Å². The van der Waals surface area contributed by atoms with Gasteiger partial charge >= 0.3 is 0 Å². The predicted octanol–water partition coefficient (Wildman–Crippen LogP) is 6.18. The summed E-state index contributed by atoms with van der Waals surface area (Å²) in [6, 6.07) is 15.4. The van der Waals surface area contributed by atoms with E-state index in [-0.39, 0.29) is 12.2 Å². The van der Waals surface area contributed by atoms with Gasteiger partial charge in [0.05, 0.1) is 14.3 Å². The lowest BCUT2D eigenvalue weighted by Crippen LogP contribution is -2.29. The van der Waals surface area contributed by atoms with Crippen molar-refractivity contribution >= 4 is 40.5 Å². The number of carbonyl (C=O) groups excluding carboxylic acids is 1. The Kier molecular flexibility index (Phi) is 7.36. The minimum Gasteiger partial charge on any atom is -0.487 e. The first-order valence-corrected chi connectivity index (χ1v) is 12.3. The molecule has 0 spiro atoms. The number of halogens is 2. The third kappa shape index (κ3) is 5.09. The summed E-state index contributed by atoms with van der Waals surface area (Å²) < 4.78 is 8.57. The molecule has 2 aromatic carbocycles. The number of hydrogen-bond donors (Lipinski definition) is 0. The number of carbonyl (C=O) groups is 1. The van der Waals surface area contributed by atoms with Crippen LogP contribution in [0.1, 0.15) is 58.4 Å². The molecule has 1 saturated carbocycles. The van der Waals surface area contributed by atoms with Crippen LogP contribution in [0.2, 0.25) is 5.02 Å². The average molecular weight is 562 g/mol. The van der Waals surface area contributed by atoms with E-state index in [9.17, 15) is 9.59 Å². The summed E-state index contributed by atoms with van der Waals surface area (Å²) in [5, 5.41) is 0.652. The molecule has 6 heteroatoms. The number of pyridine rings is 1. The highest BCUT2D eigenvalue weighted by Gasteiger charge is 2.32. The van der Waals surface area contributed by atoms with Crippen LogP contribution in [-0.2, 0) is 26.0 Å². The second kappa shape index (κ2) is 10.2. The lowest BCUT2D eigenvalue weighted by molar-refractivity contribution is 0.112. The summed E-state index contributed by atoms with van der Waals surface area (Å²) in [5.74, 6) is 1.14. The van der Waals surface area contributed by atoms with Crippen LogP contribution in [0, 0.1) is 3.57 Å². The normalized spacial score (nSPS) is 13.2. The minimum atomic E-state index is -0.0117. The fourth-order valence-corrected chi connectivity index (χ4v) is 5.41. The zero-order valence-corrected chi connectivity index (χ0v) is 20.9. The van der Waals surface area contributed by atoms with Crippen LogP contribution in [0.5, 0.6) is 5.75 Å². The molecule has 1 aliphatic carbocycles. The van der Waals surface area contributed by atoms with Gasteiger partial charge < -0.3 is 9.30 Å². The lowest BCUT2D eigenvalue weighted by Gasteiger charge is -2.19. The number of aldehydes is 1. The first kappa shape index (κ1) is 23.1. The third-order valence-corrected chi connectivity index (χ3v) is 7.36. The van der Waals surface area contributed by atoms with Gasteiger partial charge in [0, 0.05) is 12.1 Å². The smallest absolute Gasteiger partial charge is 0.264 e. The first-order chi connectivity index (χ1) is 15.5. The van der Waals surface area contributed by atoms with Crippen molar-refractivity contribution in [2.45, 2.75) is 51.7 Å². The highest BCUT2D eigenvalue weighted by Crippen LogP contribution is 2.45. The van der Waals surface area contributed by atoms with Crippen molar-refractivity contribution in [1.82, 2.24) is 4.57 Å². The van der Waals surface area contributed by atoms with Crippen molar-refractivity contribution in [3.63, 3.8) is 0 Å². The summed E-state index contributed by atoms with van der Waals surface area (Å²) in [4.78, 5) is 24.2. The maximum atomic E-state index is 13.3. The molecule has 1 heterocycles. The molecule has 0 atom stereocenters. The van der Waals surface area contributed by atoms with Crippen LogP contribution in [0.15, 0.2) is 53.3 Å². The van der Waals surface area contributed by atoms with Crippen LogP contribution in [0.25, 0.3) is 0 Å². The summed E-state index contributed by atoms with van der Waals surface area (Å²) >= 11 is 9.03. The Bertz CT molecular complexity index is 1180. The van der Waals surface area contributed by atoms with Gasteiger partial charge in [0.1, 0.15) is 18.6 Å². The van der Waals surface area contributed by atoms with Gasteiger partial charge in [0.25, 0.3) is 5.56 Å². The number of ether oxygens (including phenoxy) is 1. The van der Waals surface area contributed by atoms with Crippen LogP contribution in [0.3, 0.4) is 0 Å². The molecule has 4 nitrogen and oxygen atoms in total. The average Bonchev–Trinajstić information content (AvgIpc) is 3.65. The Hall–Kier alpha value is -2.12. The highest BCUT2D eigenvalue weighted by atomic mass is 127. The molecular formula is C26H25ClINO3. The van der Waals surface area contributed by atoms with Gasteiger partial charge in [-0.1, -0.05) is 54.9 Å². The molecule has 1 fully saturated rings. The molecule has 0 aliphatic heterocycles. The van der Waals surface area contributed by atoms with Gasteiger partial charge in [-0.25, -0.2) is 0 Å². The number of benzene rings is 2. The van der Waals surface area contributed by atoms with E-state index >= 15 is 0 Å². The van der Waals surface area contributed by atoms with E-state index in [0.29, 0.717) is 33.0 Å². The summed E-state index contributed by atoms with van der Waals surface area (Å²) in [6.07, 6.45) is 4.56. The van der Waals surface area contributed by atoms with Crippen LogP contribution in [0.4, 0.5) is 0 Å². The molecule has 0 unspecified atom stereocenters. The van der Waals surface area contributed by atoms with Crippen LogP contribution < -0.4 is 10.3 Å². The second-order valence-corrected chi connectivity index (χ2v) is 9.58. The zero-order valence-electron chi connectivity index (χ0n) is 17.9. The monoisotopic (exact) mass is 561 g/mol. The maximum Gasteiger partial charge on any atom is 0.264 e. The minimum absolute atomic E-state index is 0.0117. The van der Waals surface area contributed by atoms with E-state index in [4.69, 9.17) is 16.3 Å². The molecule has 0 N–H and O–H groups in total. The van der Waals surface area contributed by atoms with Gasteiger partial charge in [-0.3, -0.25) is 9.59 Å². The van der Waals surface area contributed by atoms with E-state index in [1.54, 1.807) is 16.7 Å². The van der Waals surface area contributed by atoms with E-state index in [2.05, 4.69) is 35.6 Å². The third-order valence-electron chi connectivity index (χ3n) is 5.89. The zero-order chi connectivity index (χ0) is 22.7. The fourth-order valence-electron chi connectivity index (χ4n) is 3.85. The van der Waals surface area contributed by atoms with E-state index < -0.39 is 0 Å². The van der Waals surface area contributed by atoms with Gasteiger partial charge in [-0.15, -0.1) is 0 Å². The van der Waals surface area contributed by atoms with Gasteiger partial charge in [0.15, 0.2) is 0 Å². The molecule has 0 bridgehead atoms. The molecule has 166 valence electrons. The number of rotatable bonds is 9. The van der Waals surface area contributed by atoms with Crippen molar-refractivity contribution in [2.75, 3.05) is 0 Å². The lowest BCUT2D eigenvalue weighted by atomic mass is 10.1. The molecule has 3 aromatic rings. The maximum absolute atomic E-state index is 13.3. The molecule has 1 aliphatic rings. The van der Waals surface area contributed by atoms with Crippen LogP contribution in [-0.4, -0.2) is 10.9 Å². The summed E-state index contributed by atoms with van der Waals surface area (Å²) in [6.45, 7) is 2.84. The molecule has 32 heavy (non-hydrogen) atoms. The van der Waals surface area contributed by atoms with Crippen molar-refractivity contribution in [3.8, 4) is 5.75 Å². The highest BCUT2D eigenvalue weighted by molar-refractivity contribution is 14.1. The molecule has 1 aromatic heterocycles. The number of aryl methyl sites for hydroxylation is 2. The Morgan fingerprint density at radius 3 is 2.56 bits per heavy atom. The van der Waals surface area contributed by atoms with Crippen molar-refractivity contribution in [3.05, 3.63) is 95.4 Å². The van der Waals surface area contributed by atoms with Crippen molar-refractivity contribution in [1.29, 1.82) is 0 Å². The molecule has 0 amide bonds. The molecule has 4 rings (SSSR count). The number of hydrogen-bond acceptors (Lipinski definition) is 3. The number of nitrogens with zero attached hydrogens (tertiary/aromatic N) is 1. The second-order valence-electron chi connectivity index (χ2n) is 8.12. The van der Waals surface area contributed by atoms with Gasteiger partial charge in [-0.05, 0) is 83.0 Å². The Balaban J connectivity index is 1.65. The van der Waals surface area contributed by atoms with E-state index in [1.807, 2.05) is 30.3 Å². The Morgan fingerprint density at radius 1 is 1.16 bits per heavy atom. The molecule has 0 radical (unpaired) electrons.